The monoisotopic (exact) mass is 387 g/mol. The van der Waals surface area contributed by atoms with Crippen LogP contribution < -0.4 is 14.4 Å². The van der Waals surface area contributed by atoms with Gasteiger partial charge in [-0.25, -0.2) is 4.79 Å². The SMILES string of the molecule is COC(=O)N1c2ccc(Cl)cc2C2(C)Cc3cc(OC)c(OC)cc3C1C2. The number of halogens is 1. The predicted octanol–water partition coefficient (Wildman–Crippen LogP) is 4.89. The predicted molar refractivity (Wildman–Crippen MR) is 104 cm³/mol. The molecule has 0 saturated carbocycles. The molecule has 2 aliphatic rings. The fourth-order valence-corrected chi connectivity index (χ4v) is 4.73. The van der Waals surface area contributed by atoms with Gasteiger partial charge < -0.3 is 14.2 Å². The molecule has 2 aromatic rings. The molecule has 2 atom stereocenters. The second kappa shape index (κ2) is 6.34. The molecule has 27 heavy (non-hydrogen) atoms. The highest BCUT2D eigenvalue weighted by Crippen LogP contribution is 2.55. The molecule has 2 aromatic carbocycles. The zero-order valence-electron chi connectivity index (χ0n) is 15.8. The fraction of sp³-hybridized carbons (Fsp3) is 0.381. The van der Waals surface area contributed by atoms with Crippen LogP contribution in [0.25, 0.3) is 0 Å². The first kappa shape index (κ1) is 18.0. The quantitative estimate of drug-likeness (QED) is 0.736. The van der Waals surface area contributed by atoms with E-state index in [2.05, 4.69) is 6.92 Å². The Morgan fingerprint density at radius 3 is 2.52 bits per heavy atom. The Labute approximate surface area is 163 Å². The molecule has 1 aliphatic carbocycles. The van der Waals surface area contributed by atoms with Crippen molar-refractivity contribution < 1.29 is 19.0 Å². The fourth-order valence-electron chi connectivity index (χ4n) is 4.56. The molecule has 0 fully saturated rings. The minimum atomic E-state index is -0.381. The second-order valence-electron chi connectivity index (χ2n) is 7.36. The third kappa shape index (κ3) is 2.64. The first-order valence-electron chi connectivity index (χ1n) is 8.84. The number of methoxy groups -OCH3 is 3. The standard InChI is InChI=1S/C21H22ClNO4/c1-21-10-12-7-18(25-2)19(26-3)9-14(12)17(11-21)23(20(24)27-4)16-6-5-13(22)8-15(16)21/h5-9,17H,10-11H2,1-4H3. The summed E-state index contributed by atoms with van der Waals surface area (Å²) < 4.78 is 16.1. The van der Waals surface area contributed by atoms with E-state index < -0.39 is 0 Å². The van der Waals surface area contributed by atoms with Crippen molar-refractivity contribution in [2.75, 3.05) is 26.2 Å². The van der Waals surface area contributed by atoms with Crippen molar-refractivity contribution in [2.24, 2.45) is 0 Å². The average molecular weight is 388 g/mol. The van der Waals surface area contributed by atoms with E-state index >= 15 is 0 Å². The number of anilines is 1. The van der Waals surface area contributed by atoms with E-state index in [1.54, 1.807) is 19.1 Å². The molecule has 6 heteroatoms. The highest BCUT2D eigenvalue weighted by atomic mass is 35.5. The van der Waals surface area contributed by atoms with E-state index in [9.17, 15) is 4.79 Å². The Hall–Kier alpha value is -2.40. The maximum atomic E-state index is 12.7. The van der Waals surface area contributed by atoms with Gasteiger partial charge in [0.15, 0.2) is 11.5 Å². The smallest absolute Gasteiger partial charge is 0.414 e. The highest BCUT2D eigenvalue weighted by Gasteiger charge is 2.48. The minimum Gasteiger partial charge on any atom is -0.493 e. The number of hydrogen-bond donors (Lipinski definition) is 0. The lowest BCUT2D eigenvalue weighted by Crippen LogP contribution is -2.48. The van der Waals surface area contributed by atoms with E-state index in [1.807, 2.05) is 30.3 Å². The van der Waals surface area contributed by atoms with Crippen LogP contribution in [-0.2, 0) is 16.6 Å². The molecule has 0 radical (unpaired) electrons. The summed E-state index contributed by atoms with van der Waals surface area (Å²) >= 11 is 6.29. The molecular weight excluding hydrogens is 366 g/mol. The topological polar surface area (TPSA) is 48.0 Å². The van der Waals surface area contributed by atoms with E-state index in [-0.39, 0.29) is 17.6 Å². The summed E-state index contributed by atoms with van der Waals surface area (Å²) in [5.74, 6) is 1.35. The molecule has 142 valence electrons. The van der Waals surface area contributed by atoms with Gasteiger partial charge in [-0.15, -0.1) is 0 Å². The van der Waals surface area contributed by atoms with Crippen molar-refractivity contribution in [1.29, 1.82) is 0 Å². The number of amides is 1. The van der Waals surface area contributed by atoms with Gasteiger partial charge in [0, 0.05) is 10.4 Å². The van der Waals surface area contributed by atoms with Crippen molar-refractivity contribution in [3.8, 4) is 11.5 Å². The molecule has 0 spiro atoms. The normalized spacial score (nSPS) is 22.6. The van der Waals surface area contributed by atoms with E-state index in [1.165, 1.54) is 7.11 Å². The largest absolute Gasteiger partial charge is 0.493 e. The van der Waals surface area contributed by atoms with Crippen LogP contribution in [-0.4, -0.2) is 27.4 Å². The molecule has 1 aliphatic heterocycles. The zero-order chi connectivity index (χ0) is 19.3. The zero-order valence-corrected chi connectivity index (χ0v) is 16.6. The summed E-state index contributed by atoms with van der Waals surface area (Å²) in [7, 11) is 4.66. The van der Waals surface area contributed by atoms with Crippen LogP contribution in [0.4, 0.5) is 10.5 Å². The molecule has 0 aromatic heterocycles. The maximum Gasteiger partial charge on any atom is 0.414 e. The van der Waals surface area contributed by atoms with Gasteiger partial charge in [0.25, 0.3) is 0 Å². The number of rotatable bonds is 2. The van der Waals surface area contributed by atoms with Crippen LogP contribution in [0.5, 0.6) is 11.5 Å². The lowest BCUT2D eigenvalue weighted by Gasteiger charge is -2.50. The molecule has 5 nitrogen and oxygen atoms in total. The Balaban J connectivity index is 1.96. The van der Waals surface area contributed by atoms with Gasteiger partial charge in [0.1, 0.15) is 0 Å². The van der Waals surface area contributed by atoms with Gasteiger partial charge in [0.2, 0.25) is 0 Å². The van der Waals surface area contributed by atoms with Gasteiger partial charge >= 0.3 is 6.09 Å². The van der Waals surface area contributed by atoms with Gasteiger partial charge in [-0.05, 0) is 59.9 Å². The minimum absolute atomic E-state index is 0.137. The lowest BCUT2D eigenvalue weighted by atomic mass is 9.63. The average Bonchev–Trinajstić information content (AvgIpc) is 2.67. The first-order chi connectivity index (χ1) is 12.9. The van der Waals surface area contributed by atoms with Crippen LogP contribution in [0.15, 0.2) is 30.3 Å². The summed E-state index contributed by atoms with van der Waals surface area (Å²) in [4.78, 5) is 14.5. The van der Waals surface area contributed by atoms with Crippen LogP contribution in [0, 0.1) is 0 Å². The van der Waals surface area contributed by atoms with Crippen molar-refractivity contribution in [3.63, 3.8) is 0 Å². The Kier molecular flexibility index (Phi) is 4.22. The Bertz CT molecular complexity index is 929. The third-order valence-electron chi connectivity index (χ3n) is 5.78. The van der Waals surface area contributed by atoms with Crippen LogP contribution in [0.1, 0.15) is 36.1 Å². The van der Waals surface area contributed by atoms with E-state index in [4.69, 9.17) is 25.8 Å². The number of fused-ring (bicyclic) bond motifs is 6. The van der Waals surface area contributed by atoms with Gasteiger partial charge in [-0.2, -0.15) is 0 Å². The Morgan fingerprint density at radius 2 is 1.85 bits per heavy atom. The van der Waals surface area contributed by atoms with Crippen molar-refractivity contribution in [1.82, 2.24) is 0 Å². The second-order valence-corrected chi connectivity index (χ2v) is 7.80. The number of carbonyl (C=O) groups is 1. The number of nitrogens with zero attached hydrogens (tertiary/aromatic N) is 1. The van der Waals surface area contributed by atoms with E-state index in [0.29, 0.717) is 16.5 Å². The maximum absolute atomic E-state index is 12.7. The van der Waals surface area contributed by atoms with Gasteiger partial charge in [0.05, 0.1) is 33.1 Å². The van der Waals surface area contributed by atoms with Crippen molar-refractivity contribution in [2.45, 2.75) is 31.2 Å². The van der Waals surface area contributed by atoms with Gasteiger partial charge in [-0.3, -0.25) is 4.90 Å². The lowest BCUT2D eigenvalue weighted by molar-refractivity contribution is 0.171. The number of benzene rings is 2. The highest BCUT2D eigenvalue weighted by molar-refractivity contribution is 6.30. The molecule has 1 amide bonds. The molecule has 2 bridgehead atoms. The van der Waals surface area contributed by atoms with Crippen LogP contribution in [0.2, 0.25) is 5.02 Å². The van der Waals surface area contributed by atoms with Crippen molar-refractivity contribution >= 4 is 23.4 Å². The summed E-state index contributed by atoms with van der Waals surface area (Å²) in [6.07, 6.45) is 1.24. The number of ether oxygens (including phenoxy) is 3. The van der Waals surface area contributed by atoms with Crippen molar-refractivity contribution in [3.05, 3.63) is 52.0 Å². The van der Waals surface area contributed by atoms with Crippen LogP contribution >= 0.6 is 11.6 Å². The third-order valence-corrected chi connectivity index (χ3v) is 6.02. The molecule has 0 N–H and O–H groups in total. The van der Waals surface area contributed by atoms with Gasteiger partial charge in [-0.1, -0.05) is 18.5 Å². The van der Waals surface area contributed by atoms with Crippen LogP contribution in [0.3, 0.4) is 0 Å². The number of hydrogen-bond acceptors (Lipinski definition) is 4. The summed E-state index contributed by atoms with van der Waals surface area (Å²) in [5.41, 5.74) is 3.99. The molecule has 0 saturated heterocycles. The summed E-state index contributed by atoms with van der Waals surface area (Å²) in [5, 5.41) is 0.663. The Morgan fingerprint density at radius 1 is 1.15 bits per heavy atom. The molecule has 2 unspecified atom stereocenters. The molecule has 1 heterocycles. The summed E-state index contributed by atoms with van der Waals surface area (Å²) in [6, 6.07) is 9.55. The molecule has 4 rings (SSSR count). The summed E-state index contributed by atoms with van der Waals surface area (Å²) in [6.45, 7) is 2.23. The van der Waals surface area contributed by atoms with E-state index in [0.717, 1.165) is 35.2 Å². The molecular formula is C21H22ClNO4. The first-order valence-corrected chi connectivity index (χ1v) is 9.21. The number of carbonyl (C=O) groups excluding carboxylic acids is 1.